The quantitative estimate of drug-likeness (QED) is 0.494. The van der Waals surface area contributed by atoms with E-state index in [1.165, 1.54) is 4.90 Å². The Morgan fingerprint density at radius 2 is 1.45 bits per heavy atom. The fourth-order valence-electron chi connectivity index (χ4n) is 3.99. The molecule has 0 saturated heterocycles. The first-order chi connectivity index (χ1) is 18.1. The molecule has 1 aliphatic rings. The van der Waals surface area contributed by atoms with Crippen molar-refractivity contribution < 1.29 is 23.9 Å². The van der Waals surface area contributed by atoms with Crippen LogP contribution >= 0.6 is 0 Å². The number of hydrogen-bond donors (Lipinski definition) is 2. The monoisotopic (exact) mass is 520 g/mol. The maximum absolute atomic E-state index is 13.2. The number of carbonyl (C=O) groups excluding carboxylic acids is 4. The minimum absolute atomic E-state index is 0.198. The summed E-state index contributed by atoms with van der Waals surface area (Å²) in [4.78, 5) is 54.1. The molecule has 0 saturated carbocycles. The van der Waals surface area contributed by atoms with Gasteiger partial charge >= 0.3 is 6.09 Å². The minimum Gasteiger partial charge on any atom is -0.444 e. The zero-order valence-electron chi connectivity index (χ0n) is 22.2. The number of benzene rings is 2. The smallest absolute Gasteiger partial charge is 0.408 e. The summed E-state index contributed by atoms with van der Waals surface area (Å²) in [5.74, 6) is -1.07. The van der Waals surface area contributed by atoms with Crippen LogP contribution in [-0.4, -0.2) is 64.9 Å². The average molecular weight is 521 g/mol. The summed E-state index contributed by atoms with van der Waals surface area (Å²) >= 11 is 0. The van der Waals surface area contributed by atoms with Crippen molar-refractivity contribution in [2.45, 2.75) is 51.9 Å². The molecule has 0 aliphatic carbocycles. The molecule has 1 unspecified atom stereocenters. The maximum atomic E-state index is 13.2. The van der Waals surface area contributed by atoms with Gasteiger partial charge in [0.25, 0.3) is 0 Å². The zero-order valence-corrected chi connectivity index (χ0v) is 22.2. The van der Waals surface area contributed by atoms with Gasteiger partial charge in [0.05, 0.1) is 6.54 Å². The molecule has 0 bridgehead atoms. The Hall–Kier alpha value is -4.14. The Labute approximate surface area is 223 Å². The van der Waals surface area contributed by atoms with E-state index in [0.29, 0.717) is 19.5 Å². The van der Waals surface area contributed by atoms with Crippen molar-refractivity contribution in [2.75, 3.05) is 19.6 Å². The number of nitrogens with zero attached hydrogens (tertiary/aromatic N) is 2. The number of carbonyl (C=O) groups is 4. The highest BCUT2D eigenvalue weighted by molar-refractivity contribution is 5.92. The van der Waals surface area contributed by atoms with E-state index in [2.05, 4.69) is 10.6 Å². The lowest BCUT2D eigenvalue weighted by atomic mass is 10.1. The predicted octanol–water partition coefficient (Wildman–Crippen LogP) is 3.01. The molecular weight excluding hydrogens is 484 g/mol. The summed E-state index contributed by atoms with van der Waals surface area (Å²) in [7, 11) is 0. The van der Waals surface area contributed by atoms with Gasteiger partial charge in [-0.2, -0.15) is 0 Å². The average Bonchev–Trinajstić information content (AvgIpc) is 2.90. The van der Waals surface area contributed by atoms with Crippen molar-refractivity contribution in [2.24, 2.45) is 0 Å². The van der Waals surface area contributed by atoms with Crippen LogP contribution in [0, 0.1) is 0 Å². The predicted molar refractivity (Wildman–Crippen MR) is 144 cm³/mol. The molecule has 1 aliphatic heterocycles. The van der Waals surface area contributed by atoms with E-state index < -0.39 is 29.6 Å². The van der Waals surface area contributed by atoms with Crippen LogP contribution in [0.5, 0.6) is 0 Å². The molecule has 38 heavy (non-hydrogen) atoms. The highest BCUT2D eigenvalue weighted by atomic mass is 16.6. The molecule has 2 N–H and O–H groups in total. The Bertz CT molecular complexity index is 1090. The van der Waals surface area contributed by atoms with Crippen LogP contribution in [0.2, 0.25) is 0 Å². The summed E-state index contributed by atoms with van der Waals surface area (Å²) in [6.45, 7) is 5.72. The Kier molecular flexibility index (Phi) is 10.0. The van der Waals surface area contributed by atoms with E-state index in [9.17, 15) is 19.2 Å². The van der Waals surface area contributed by atoms with Crippen molar-refractivity contribution in [3.63, 3.8) is 0 Å². The van der Waals surface area contributed by atoms with Gasteiger partial charge in [-0.05, 0) is 38.3 Å². The van der Waals surface area contributed by atoms with Gasteiger partial charge in [0.15, 0.2) is 0 Å². The first kappa shape index (κ1) is 28.4. The molecule has 0 aromatic heterocycles. The zero-order chi connectivity index (χ0) is 27.5. The van der Waals surface area contributed by atoms with Gasteiger partial charge < -0.3 is 25.2 Å². The van der Waals surface area contributed by atoms with Gasteiger partial charge in [-0.25, -0.2) is 4.79 Å². The highest BCUT2D eigenvalue weighted by Crippen LogP contribution is 2.14. The second-order valence-electron chi connectivity index (χ2n) is 10.1. The lowest BCUT2D eigenvalue weighted by molar-refractivity contribution is -0.140. The van der Waals surface area contributed by atoms with E-state index in [1.54, 1.807) is 31.7 Å². The molecule has 202 valence electrons. The van der Waals surface area contributed by atoms with E-state index in [0.717, 1.165) is 11.1 Å². The number of rotatable bonds is 9. The van der Waals surface area contributed by atoms with E-state index in [4.69, 9.17) is 4.74 Å². The van der Waals surface area contributed by atoms with Gasteiger partial charge in [-0.1, -0.05) is 72.8 Å². The van der Waals surface area contributed by atoms with Gasteiger partial charge in [0.2, 0.25) is 17.7 Å². The maximum Gasteiger partial charge on any atom is 0.408 e. The van der Waals surface area contributed by atoms with E-state index >= 15 is 0 Å². The number of alkyl carbamates (subject to hydrolysis) is 1. The van der Waals surface area contributed by atoms with Crippen molar-refractivity contribution in [1.82, 2.24) is 20.4 Å². The van der Waals surface area contributed by atoms with Crippen LogP contribution in [0.4, 0.5) is 4.79 Å². The first-order valence-electron chi connectivity index (χ1n) is 12.7. The molecule has 0 spiro atoms. The standard InChI is InChI=1S/C29H36N4O5/c1-29(2,3)38-28(37)31-19-26(35)33-17-11-10-16-24(33)27(36)30-18-25(34)32(20-22-12-6-4-7-13-22)21-23-14-8-5-9-15-23/h4-15,24H,16-21H2,1-3H3,(H,30,36)(H,31,37). The van der Waals surface area contributed by atoms with Gasteiger partial charge in [0.1, 0.15) is 18.2 Å². The fourth-order valence-corrected chi connectivity index (χ4v) is 3.99. The van der Waals surface area contributed by atoms with Crippen molar-refractivity contribution in [3.05, 3.63) is 83.9 Å². The third-order valence-corrected chi connectivity index (χ3v) is 5.81. The summed E-state index contributed by atoms with van der Waals surface area (Å²) in [5, 5.41) is 5.15. The fraction of sp³-hybridized carbons (Fsp3) is 0.379. The van der Waals surface area contributed by atoms with E-state index in [1.807, 2.05) is 66.7 Å². The Morgan fingerprint density at radius 3 is 2.00 bits per heavy atom. The topological polar surface area (TPSA) is 108 Å². The van der Waals surface area contributed by atoms with Crippen LogP contribution in [0.3, 0.4) is 0 Å². The lowest BCUT2D eigenvalue weighted by Gasteiger charge is -2.32. The molecule has 9 heteroatoms. The van der Waals surface area contributed by atoms with Crippen LogP contribution < -0.4 is 10.6 Å². The normalized spacial score (nSPS) is 14.9. The van der Waals surface area contributed by atoms with Crippen molar-refractivity contribution in [1.29, 1.82) is 0 Å². The van der Waals surface area contributed by atoms with Crippen molar-refractivity contribution >= 4 is 23.8 Å². The summed E-state index contributed by atoms with van der Waals surface area (Å²) in [6.07, 6.45) is 3.23. The molecule has 0 radical (unpaired) electrons. The molecule has 2 aromatic rings. The molecule has 2 aromatic carbocycles. The first-order valence-corrected chi connectivity index (χ1v) is 12.7. The van der Waals surface area contributed by atoms with Crippen LogP contribution in [0.25, 0.3) is 0 Å². The largest absolute Gasteiger partial charge is 0.444 e. The molecule has 4 amide bonds. The molecule has 1 heterocycles. The summed E-state index contributed by atoms with van der Waals surface area (Å²) < 4.78 is 5.17. The SMILES string of the molecule is CC(C)(C)OC(=O)NCC(=O)N1CC=CCC1C(=O)NCC(=O)N(Cc1ccccc1)Cc1ccccc1. The second-order valence-corrected chi connectivity index (χ2v) is 10.1. The van der Waals surface area contributed by atoms with Crippen molar-refractivity contribution in [3.8, 4) is 0 Å². The Morgan fingerprint density at radius 1 is 0.868 bits per heavy atom. The van der Waals surface area contributed by atoms with Gasteiger partial charge in [-0.3, -0.25) is 14.4 Å². The Balaban J connectivity index is 1.60. The number of nitrogens with one attached hydrogen (secondary N) is 2. The molecule has 0 fully saturated rings. The minimum atomic E-state index is -0.780. The molecule has 1 atom stereocenters. The van der Waals surface area contributed by atoms with Crippen LogP contribution in [0.1, 0.15) is 38.3 Å². The van der Waals surface area contributed by atoms with Gasteiger partial charge in [0, 0.05) is 19.6 Å². The number of ether oxygens (including phenoxy) is 1. The number of amides is 4. The molecular formula is C29H36N4O5. The van der Waals surface area contributed by atoms with Crippen LogP contribution in [0.15, 0.2) is 72.8 Å². The lowest BCUT2D eigenvalue weighted by Crippen LogP contribution is -2.54. The van der Waals surface area contributed by atoms with Crippen LogP contribution in [-0.2, 0) is 32.2 Å². The molecule has 3 rings (SSSR count). The third-order valence-electron chi connectivity index (χ3n) is 5.81. The summed E-state index contributed by atoms with van der Waals surface area (Å²) in [6, 6.07) is 18.5. The van der Waals surface area contributed by atoms with Gasteiger partial charge in [-0.15, -0.1) is 0 Å². The van der Waals surface area contributed by atoms with E-state index in [-0.39, 0.29) is 25.5 Å². The second kappa shape index (κ2) is 13.4. The third kappa shape index (κ3) is 9.06. The highest BCUT2D eigenvalue weighted by Gasteiger charge is 2.31. The summed E-state index contributed by atoms with van der Waals surface area (Å²) in [5.41, 5.74) is 1.27. The molecule has 9 nitrogen and oxygen atoms in total. The number of hydrogen-bond acceptors (Lipinski definition) is 5.